The molecule has 0 saturated carbocycles. The van der Waals surface area contributed by atoms with Gasteiger partial charge in [-0.2, -0.15) is 4.98 Å². The Labute approximate surface area is 81.3 Å². The maximum Gasteiger partial charge on any atom is 0.350 e. The van der Waals surface area contributed by atoms with Crippen LogP contribution in [0, 0.1) is 0 Å². The van der Waals surface area contributed by atoms with Crippen molar-refractivity contribution in [3.8, 4) is 5.88 Å². The van der Waals surface area contributed by atoms with Gasteiger partial charge in [0.1, 0.15) is 5.60 Å². The van der Waals surface area contributed by atoms with Crippen LogP contribution in [-0.4, -0.2) is 28.9 Å². The Bertz CT molecular complexity index is 395. The minimum atomic E-state index is -0.305. The maximum atomic E-state index is 11.4. The van der Waals surface area contributed by atoms with Crippen LogP contribution in [0.5, 0.6) is 5.88 Å². The molecular formula is C9H12N2O3. The van der Waals surface area contributed by atoms with E-state index in [0.717, 1.165) is 0 Å². The highest BCUT2D eigenvalue weighted by Gasteiger charge is 2.39. The van der Waals surface area contributed by atoms with E-state index in [-0.39, 0.29) is 11.3 Å². The van der Waals surface area contributed by atoms with E-state index in [0.29, 0.717) is 19.0 Å². The first-order valence-electron chi connectivity index (χ1n) is 4.38. The number of aromatic nitrogens is 2. The van der Waals surface area contributed by atoms with Gasteiger partial charge < -0.3 is 9.47 Å². The van der Waals surface area contributed by atoms with Gasteiger partial charge >= 0.3 is 5.69 Å². The molecule has 1 aromatic rings. The van der Waals surface area contributed by atoms with Crippen LogP contribution < -0.4 is 10.4 Å². The van der Waals surface area contributed by atoms with Gasteiger partial charge in [0.15, 0.2) is 0 Å². The number of epoxide rings is 1. The van der Waals surface area contributed by atoms with Gasteiger partial charge in [0.05, 0.1) is 20.3 Å². The normalized spacial score (nSPS) is 24.7. The zero-order chi connectivity index (χ0) is 10.2. The summed E-state index contributed by atoms with van der Waals surface area (Å²) >= 11 is 0. The highest BCUT2D eigenvalue weighted by molar-refractivity contribution is 5.06. The van der Waals surface area contributed by atoms with Gasteiger partial charge in [-0.05, 0) is 6.92 Å². The predicted molar refractivity (Wildman–Crippen MR) is 49.4 cm³/mol. The Morgan fingerprint density at radius 3 is 3.00 bits per heavy atom. The highest BCUT2D eigenvalue weighted by atomic mass is 16.6. The van der Waals surface area contributed by atoms with Gasteiger partial charge in [0.25, 0.3) is 0 Å². The summed E-state index contributed by atoms with van der Waals surface area (Å²) in [5.74, 6) is 0.341. The maximum absolute atomic E-state index is 11.4. The first-order chi connectivity index (χ1) is 6.63. The molecule has 0 radical (unpaired) electrons. The van der Waals surface area contributed by atoms with Gasteiger partial charge in [0.2, 0.25) is 5.88 Å². The van der Waals surface area contributed by atoms with Crippen LogP contribution in [0.3, 0.4) is 0 Å². The summed E-state index contributed by atoms with van der Waals surface area (Å²) in [4.78, 5) is 15.2. The van der Waals surface area contributed by atoms with Crippen LogP contribution >= 0.6 is 0 Å². The fraction of sp³-hybridized carbons (Fsp3) is 0.556. The number of ether oxygens (including phenoxy) is 2. The molecule has 0 bridgehead atoms. The molecule has 0 spiro atoms. The van der Waals surface area contributed by atoms with Crippen LogP contribution in [0.1, 0.15) is 6.92 Å². The Balaban J connectivity index is 2.22. The van der Waals surface area contributed by atoms with Gasteiger partial charge in [-0.3, -0.25) is 4.57 Å². The van der Waals surface area contributed by atoms with E-state index >= 15 is 0 Å². The fourth-order valence-corrected chi connectivity index (χ4v) is 1.22. The number of hydrogen-bond acceptors (Lipinski definition) is 4. The minimum Gasteiger partial charge on any atom is -0.481 e. The van der Waals surface area contributed by atoms with Crippen molar-refractivity contribution in [3.63, 3.8) is 0 Å². The van der Waals surface area contributed by atoms with Crippen LogP contribution in [0.4, 0.5) is 0 Å². The molecule has 5 nitrogen and oxygen atoms in total. The second-order valence-electron chi connectivity index (χ2n) is 3.62. The number of rotatable bonds is 3. The van der Waals surface area contributed by atoms with Gasteiger partial charge in [-0.1, -0.05) is 0 Å². The van der Waals surface area contributed by atoms with Gasteiger partial charge in [-0.15, -0.1) is 0 Å². The van der Waals surface area contributed by atoms with E-state index in [1.165, 1.54) is 11.7 Å². The molecule has 0 amide bonds. The molecule has 76 valence electrons. The third kappa shape index (κ3) is 1.77. The largest absolute Gasteiger partial charge is 0.481 e. The third-order valence-electron chi connectivity index (χ3n) is 2.20. The summed E-state index contributed by atoms with van der Waals surface area (Å²) in [5, 5.41) is 0. The second-order valence-corrected chi connectivity index (χ2v) is 3.62. The lowest BCUT2D eigenvalue weighted by molar-refractivity contribution is 0.289. The summed E-state index contributed by atoms with van der Waals surface area (Å²) in [6, 6.07) is 1.66. The topological polar surface area (TPSA) is 56.6 Å². The molecule has 0 unspecified atom stereocenters. The van der Waals surface area contributed by atoms with E-state index in [2.05, 4.69) is 4.98 Å². The van der Waals surface area contributed by atoms with Gasteiger partial charge in [0, 0.05) is 12.3 Å². The summed E-state index contributed by atoms with van der Waals surface area (Å²) in [7, 11) is 1.48. The zero-order valence-corrected chi connectivity index (χ0v) is 8.19. The summed E-state index contributed by atoms with van der Waals surface area (Å²) in [6.07, 6.45) is 1.67. The lowest BCUT2D eigenvalue weighted by atomic mass is 10.2. The number of nitrogens with zero attached hydrogens (tertiary/aromatic N) is 2. The van der Waals surface area contributed by atoms with Crippen molar-refractivity contribution in [2.24, 2.45) is 0 Å². The van der Waals surface area contributed by atoms with Crippen molar-refractivity contribution < 1.29 is 9.47 Å². The average Bonchev–Trinajstić information content (AvgIpc) is 2.88. The molecule has 1 aliphatic rings. The minimum absolute atomic E-state index is 0.180. The summed E-state index contributed by atoms with van der Waals surface area (Å²) in [5.41, 5.74) is -0.485. The molecule has 1 fully saturated rings. The first-order valence-corrected chi connectivity index (χ1v) is 4.38. The molecule has 1 saturated heterocycles. The quantitative estimate of drug-likeness (QED) is 0.640. The number of methoxy groups -OCH3 is 1. The van der Waals surface area contributed by atoms with Crippen molar-refractivity contribution in [1.82, 2.24) is 9.55 Å². The van der Waals surface area contributed by atoms with Crippen LogP contribution in [0.25, 0.3) is 0 Å². The van der Waals surface area contributed by atoms with Crippen LogP contribution in [0.15, 0.2) is 17.1 Å². The molecule has 14 heavy (non-hydrogen) atoms. The molecule has 0 N–H and O–H groups in total. The zero-order valence-electron chi connectivity index (χ0n) is 8.19. The molecule has 1 aromatic heterocycles. The number of hydrogen-bond donors (Lipinski definition) is 0. The smallest absolute Gasteiger partial charge is 0.350 e. The van der Waals surface area contributed by atoms with Crippen molar-refractivity contribution in [2.45, 2.75) is 19.1 Å². The summed E-state index contributed by atoms with van der Waals surface area (Å²) < 4.78 is 11.6. The standard InChI is InChI=1S/C9H12N2O3/c1-9(6-14-9)5-11-4-3-7(13-2)10-8(11)12/h3-4H,5-6H2,1-2H3/t9-/m0/s1. The van der Waals surface area contributed by atoms with E-state index in [1.807, 2.05) is 6.92 Å². The lowest BCUT2D eigenvalue weighted by Gasteiger charge is -2.07. The Morgan fingerprint density at radius 1 is 1.79 bits per heavy atom. The van der Waals surface area contributed by atoms with E-state index in [9.17, 15) is 4.79 Å². The monoisotopic (exact) mass is 196 g/mol. The molecule has 0 aliphatic carbocycles. The van der Waals surface area contributed by atoms with E-state index < -0.39 is 0 Å². The van der Waals surface area contributed by atoms with Crippen LogP contribution in [-0.2, 0) is 11.3 Å². The highest BCUT2D eigenvalue weighted by Crippen LogP contribution is 2.27. The molecule has 2 rings (SSSR count). The van der Waals surface area contributed by atoms with Crippen molar-refractivity contribution >= 4 is 0 Å². The molecular weight excluding hydrogens is 184 g/mol. The van der Waals surface area contributed by atoms with Gasteiger partial charge in [-0.25, -0.2) is 4.79 Å². The lowest BCUT2D eigenvalue weighted by Crippen LogP contribution is -2.28. The van der Waals surface area contributed by atoms with E-state index in [4.69, 9.17) is 9.47 Å². The van der Waals surface area contributed by atoms with E-state index in [1.54, 1.807) is 12.3 Å². The average molecular weight is 196 g/mol. The van der Waals surface area contributed by atoms with Crippen molar-refractivity contribution in [2.75, 3.05) is 13.7 Å². The van der Waals surface area contributed by atoms with Crippen molar-refractivity contribution in [3.05, 3.63) is 22.7 Å². The Morgan fingerprint density at radius 2 is 2.50 bits per heavy atom. The molecule has 0 aromatic carbocycles. The predicted octanol–water partition coefficient (Wildman–Crippen LogP) is 0.0408. The molecule has 2 heterocycles. The summed E-state index contributed by atoms with van der Waals surface area (Å²) in [6.45, 7) is 3.21. The molecule has 1 aliphatic heterocycles. The fourth-order valence-electron chi connectivity index (χ4n) is 1.22. The molecule has 1 atom stereocenters. The Hall–Kier alpha value is -1.36. The SMILES string of the molecule is COc1ccn(C[C@@]2(C)CO2)c(=O)n1. The first kappa shape index (κ1) is 9.21. The molecule has 5 heteroatoms. The third-order valence-corrected chi connectivity index (χ3v) is 2.20. The van der Waals surface area contributed by atoms with Crippen LogP contribution in [0.2, 0.25) is 0 Å². The second kappa shape index (κ2) is 3.09. The van der Waals surface area contributed by atoms with Crippen molar-refractivity contribution in [1.29, 1.82) is 0 Å². The Kier molecular flexibility index (Phi) is 2.03.